The van der Waals surface area contributed by atoms with Gasteiger partial charge in [-0.25, -0.2) is 4.98 Å². The summed E-state index contributed by atoms with van der Waals surface area (Å²) >= 11 is 7.21. The van der Waals surface area contributed by atoms with Gasteiger partial charge in [0.15, 0.2) is 5.16 Å². The van der Waals surface area contributed by atoms with Crippen LogP contribution in [0.2, 0.25) is 5.02 Å². The molecule has 1 amide bonds. The van der Waals surface area contributed by atoms with Crippen LogP contribution < -0.4 is 10.9 Å². The van der Waals surface area contributed by atoms with Gasteiger partial charge in [-0.15, -0.1) is 0 Å². The van der Waals surface area contributed by atoms with Gasteiger partial charge in [0.1, 0.15) is 17.3 Å². The molecule has 0 spiro atoms. The molecule has 4 aromatic rings. The number of para-hydroxylation sites is 1. The van der Waals surface area contributed by atoms with Crippen LogP contribution in [0.25, 0.3) is 21.9 Å². The van der Waals surface area contributed by atoms with Gasteiger partial charge in [-0.1, -0.05) is 42.4 Å². The Balaban J connectivity index is 1.61. The van der Waals surface area contributed by atoms with Crippen LogP contribution in [-0.2, 0) is 11.3 Å². The number of benzene rings is 2. The molecule has 0 fully saturated rings. The Labute approximate surface area is 186 Å². The molecule has 7 nitrogen and oxygen atoms in total. The van der Waals surface area contributed by atoms with Crippen molar-refractivity contribution in [1.82, 2.24) is 9.55 Å². The Hall–Kier alpha value is -3.28. The van der Waals surface area contributed by atoms with E-state index in [1.54, 1.807) is 47.0 Å². The number of amides is 1. The Morgan fingerprint density at radius 2 is 2.10 bits per heavy atom. The molecule has 0 saturated heterocycles. The SMILES string of the molecule is CCCn1c(SCC(=O)Nc2c(C#N)oc3ccccc23)nc2cc(Cl)ccc2c1=O. The lowest BCUT2D eigenvalue weighted by Gasteiger charge is -2.12. The molecule has 0 unspecified atom stereocenters. The number of thioether (sulfide) groups is 1. The predicted octanol–water partition coefficient (Wildman–Crippen LogP) is 4.81. The van der Waals surface area contributed by atoms with Gasteiger partial charge in [0.05, 0.1) is 16.7 Å². The second-order valence-corrected chi connectivity index (χ2v) is 8.14. The molecule has 0 aliphatic carbocycles. The summed E-state index contributed by atoms with van der Waals surface area (Å²) in [6.45, 7) is 2.45. The van der Waals surface area contributed by atoms with E-state index < -0.39 is 0 Å². The van der Waals surface area contributed by atoms with E-state index in [4.69, 9.17) is 16.0 Å². The zero-order valence-electron chi connectivity index (χ0n) is 16.5. The molecule has 2 heterocycles. The number of carbonyl (C=O) groups excluding carboxylic acids is 1. The molecule has 156 valence electrons. The summed E-state index contributed by atoms with van der Waals surface area (Å²) in [5, 5.41) is 14.1. The Morgan fingerprint density at radius 1 is 1.29 bits per heavy atom. The standard InChI is InChI=1S/C22H17ClN4O3S/c1-2-9-27-21(29)14-8-7-13(23)10-16(14)25-22(27)31-12-19(28)26-20-15-5-3-4-6-17(15)30-18(20)11-24/h3-8,10H,2,9,12H2,1H3,(H,26,28). The number of furan rings is 1. The van der Waals surface area contributed by atoms with E-state index in [0.717, 1.165) is 18.2 Å². The average molecular weight is 453 g/mol. The first-order valence-corrected chi connectivity index (χ1v) is 10.9. The van der Waals surface area contributed by atoms with E-state index in [9.17, 15) is 14.9 Å². The van der Waals surface area contributed by atoms with E-state index in [1.165, 1.54) is 0 Å². The maximum absolute atomic E-state index is 12.9. The van der Waals surface area contributed by atoms with Gasteiger partial charge >= 0.3 is 0 Å². The Bertz CT molecular complexity index is 1400. The van der Waals surface area contributed by atoms with Crippen molar-refractivity contribution >= 4 is 56.8 Å². The van der Waals surface area contributed by atoms with Gasteiger partial charge in [0, 0.05) is 17.0 Å². The number of hydrogen-bond donors (Lipinski definition) is 1. The summed E-state index contributed by atoms with van der Waals surface area (Å²) in [7, 11) is 0. The lowest BCUT2D eigenvalue weighted by molar-refractivity contribution is -0.113. The second kappa shape index (κ2) is 8.84. The lowest BCUT2D eigenvalue weighted by Crippen LogP contribution is -2.24. The molecule has 0 aliphatic rings. The molecule has 1 N–H and O–H groups in total. The molecule has 4 rings (SSSR count). The molecule has 0 atom stereocenters. The van der Waals surface area contributed by atoms with E-state index in [1.807, 2.05) is 13.0 Å². The molecule has 31 heavy (non-hydrogen) atoms. The molecular weight excluding hydrogens is 436 g/mol. The number of nitrogens with zero attached hydrogens (tertiary/aromatic N) is 3. The summed E-state index contributed by atoms with van der Waals surface area (Å²) in [5.74, 6) is -0.287. The third-order valence-corrected chi connectivity index (χ3v) is 5.83. The van der Waals surface area contributed by atoms with Gasteiger partial charge < -0.3 is 9.73 Å². The lowest BCUT2D eigenvalue weighted by atomic mass is 10.2. The Kier molecular flexibility index (Phi) is 5.98. The van der Waals surface area contributed by atoms with Crippen LogP contribution in [0.5, 0.6) is 0 Å². The fraction of sp³-hybridized carbons (Fsp3) is 0.182. The highest BCUT2D eigenvalue weighted by molar-refractivity contribution is 7.99. The highest BCUT2D eigenvalue weighted by Crippen LogP contribution is 2.30. The number of anilines is 1. The summed E-state index contributed by atoms with van der Waals surface area (Å²) in [5.41, 5.74) is 1.18. The summed E-state index contributed by atoms with van der Waals surface area (Å²) in [4.78, 5) is 30.1. The molecule has 9 heteroatoms. The summed E-state index contributed by atoms with van der Waals surface area (Å²) < 4.78 is 7.06. The highest BCUT2D eigenvalue weighted by atomic mass is 35.5. The summed E-state index contributed by atoms with van der Waals surface area (Å²) in [6.07, 6.45) is 0.743. The minimum atomic E-state index is -0.337. The quantitative estimate of drug-likeness (QED) is 0.333. The molecule has 0 radical (unpaired) electrons. The van der Waals surface area contributed by atoms with E-state index in [-0.39, 0.29) is 23.0 Å². The van der Waals surface area contributed by atoms with Crippen molar-refractivity contribution in [3.05, 3.63) is 63.6 Å². The fourth-order valence-corrected chi connectivity index (χ4v) is 4.25. The minimum Gasteiger partial charge on any atom is -0.443 e. The van der Waals surface area contributed by atoms with Gasteiger partial charge in [-0.05, 0) is 36.8 Å². The van der Waals surface area contributed by atoms with Crippen molar-refractivity contribution in [2.75, 3.05) is 11.1 Å². The topological polar surface area (TPSA) is 101 Å². The number of nitriles is 1. The van der Waals surface area contributed by atoms with Crippen molar-refractivity contribution in [2.24, 2.45) is 0 Å². The van der Waals surface area contributed by atoms with Crippen LogP contribution in [0.4, 0.5) is 5.69 Å². The fourth-order valence-electron chi connectivity index (χ4n) is 3.26. The monoisotopic (exact) mass is 452 g/mol. The number of carbonyl (C=O) groups is 1. The number of rotatable bonds is 6. The molecule has 0 saturated carbocycles. The van der Waals surface area contributed by atoms with Crippen molar-refractivity contribution in [2.45, 2.75) is 25.0 Å². The van der Waals surface area contributed by atoms with E-state index >= 15 is 0 Å². The smallest absolute Gasteiger partial charge is 0.262 e. The van der Waals surface area contributed by atoms with Gasteiger partial charge in [-0.3, -0.25) is 14.2 Å². The molecular formula is C22H17ClN4O3S. The number of aromatic nitrogens is 2. The van der Waals surface area contributed by atoms with Crippen LogP contribution in [-0.4, -0.2) is 21.2 Å². The van der Waals surface area contributed by atoms with Crippen LogP contribution >= 0.6 is 23.4 Å². The Morgan fingerprint density at radius 3 is 2.87 bits per heavy atom. The van der Waals surface area contributed by atoms with E-state index in [0.29, 0.717) is 44.3 Å². The first kappa shape index (κ1) is 21.0. The molecule has 2 aromatic heterocycles. The molecule has 0 bridgehead atoms. The number of hydrogen-bond acceptors (Lipinski definition) is 6. The average Bonchev–Trinajstić information content (AvgIpc) is 3.12. The van der Waals surface area contributed by atoms with Gasteiger partial charge in [0.25, 0.3) is 5.56 Å². The van der Waals surface area contributed by atoms with Gasteiger partial charge in [-0.2, -0.15) is 5.26 Å². The van der Waals surface area contributed by atoms with Crippen molar-refractivity contribution < 1.29 is 9.21 Å². The summed E-state index contributed by atoms with van der Waals surface area (Å²) in [6, 6.07) is 14.0. The zero-order valence-corrected chi connectivity index (χ0v) is 18.1. The van der Waals surface area contributed by atoms with Crippen LogP contribution in [0, 0.1) is 11.3 Å². The van der Waals surface area contributed by atoms with E-state index in [2.05, 4.69) is 10.3 Å². The molecule has 0 aliphatic heterocycles. The second-order valence-electron chi connectivity index (χ2n) is 6.76. The first-order chi connectivity index (χ1) is 15.0. The maximum Gasteiger partial charge on any atom is 0.262 e. The minimum absolute atomic E-state index is 0.00655. The number of halogens is 1. The third kappa shape index (κ3) is 4.15. The van der Waals surface area contributed by atoms with Crippen molar-refractivity contribution in [1.29, 1.82) is 5.26 Å². The largest absolute Gasteiger partial charge is 0.443 e. The zero-order chi connectivity index (χ0) is 22.0. The maximum atomic E-state index is 12.9. The number of nitrogens with one attached hydrogen (secondary N) is 1. The van der Waals surface area contributed by atoms with Crippen LogP contribution in [0.1, 0.15) is 19.1 Å². The van der Waals surface area contributed by atoms with Crippen LogP contribution in [0.15, 0.2) is 56.8 Å². The van der Waals surface area contributed by atoms with Gasteiger partial charge in [0.2, 0.25) is 11.7 Å². The normalized spacial score (nSPS) is 11.0. The first-order valence-electron chi connectivity index (χ1n) is 9.56. The molecule has 2 aromatic carbocycles. The predicted molar refractivity (Wildman–Crippen MR) is 122 cm³/mol. The van der Waals surface area contributed by atoms with Crippen molar-refractivity contribution in [3.8, 4) is 6.07 Å². The third-order valence-electron chi connectivity index (χ3n) is 4.62. The highest BCUT2D eigenvalue weighted by Gasteiger charge is 2.18. The van der Waals surface area contributed by atoms with Crippen molar-refractivity contribution in [3.63, 3.8) is 0 Å². The van der Waals surface area contributed by atoms with Crippen LogP contribution in [0.3, 0.4) is 0 Å². The number of fused-ring (bicyclic) bond motifs is 2.